The lowest BCUT2D eigenvalue weighted by Gasteiger charge is -2.40. The van der Waals surface area contributed by atoms with Gasteiger partial charge in [0.1, 0.15) is 9.96 Å². The van der Waals surface area contributed by atoms with Gasteiger partial charge in [-0.1, -0.05) is 12.1 Å². The van der Waals surface area contributed by atoms with Gasteiger partial charge in [-0.15, -0.1) is 11.3 Å². The number of aliphatic hydroxyl groups is 1. The average Bonchev–Trinajstić information content (AvgIpc) is 3.10. The molecule has 5 nitrogen and oxygen atoms in total. The summed E-state index contributed by atoms with van der Waals surface area (Å²) in [4.78, 5) is 0. The number of aryl methyl sites for hydroxylation is 1. The van der Waals surface area contributed by atoms with E-state index >= 15 is 0 Å². The molecular formula is C19H25NO4S2. The van der Waals surface area contributed by atoms with Gasteiger partial charge in [0.25, 0.3) is 10.0 Å². The van der Waals surface area contributed by atoms with Crippen LogP contribution in [0.4, 0.5) is 0 Å². The van der Waals surface area contributed by atoms with Gasteiger partial charge < -0.3 is 9.84 Å². The van der Waals surface area contributed by atoms with Crippen molar-refractivity contribution in [2.24, 2.45) is 5.41 Å². The molecule has 26 heavy (non-hydrogen) atoms. The van der Waals surface area contributed by atoms with Crippen LogP contribution in [-0.2, 0) is 16.4 Å². The van der Waals surface area contributed by atoms with Crippen LogP contribution in [0.3, 0.4) is 0 Å². The van der Waals surface area contributed by atoms with Gasteiger partial charge in [-0.05, 0) is 66.3 Å². The molecule has 0 saturated carbocycles. The quantitative estimate of drug-likeness (QED) is 0.816. The lowest BCUT2D eigenvalue weighted by atomic mass is 9.75. The van der Waals surface area contributed by atoms with Crippen molar-refractivity contribution < 1.29 is 18.3 Å². The van der Waals surface area contributed by atoms with Gasteiger partial charge in [-0.3, -0.25) is 0 Å². The molecule has 3 rings (SSSR count). The largest absolute Gasteiger partial charge is 0.497 e. The Morgan fingerprint density at radius 2 is 1.88 bits per heavy atom. The zero-order valence-corrected chi connectivity index (χ0v) is 16.8. The van der Waals surface area contributed by atoms with Gasteiger partial charge in [0.15, 0.2) is 0 Å². The number of benzene rings is 1. The van der Waals surface area contributed by atoms with Crippen LogP contribution in [0.1, 0.15) is 24.0 Å². The number of ether oxygens (including phenoxy) is 1. The summed E-state index contributed by atoms with van der Waals surface area (Å²) in [6, 6.07) is 9.57. The number of piperidine rings is 1. The molecule has 142 valence electrons. The number of rotatable bonds is 6. The third-order valence-electron chi connectivity index (χ3n) is 5.16. The molecule has 1 saturated heterocycles. The second-order valence-electron chi connectivity index (χ2n) is 7.03. The first-order chi connectivity index (χ1) is 12.4. The summed E-state index contributed by atoms with van der Waals surface area (Å²) in [7, 11) is -1.79. The average molecular weight is 396 g/mol. The molecule has 0 amide bonds. The smallest absolute Gasteiger partial charge is 0.252 e. The van der Waals surface area contributed by atoms with Crippen LogP contribution in [0.15, 0.2) is 39.9 Å². The number of hydrogen-bond donors (Lipinski definition) is 1. The van der Waals surface area contributed by atoms with E-state index in [1.54, 1.807) is 17.5 Å². The summed E-state index contributed by atoms with van der Waals surface area (Å²) in [6.45, 7) is 2.84. The first-order valence-corrected chi connectivity index (χ1v) is 11.0. The topological polar surface area (TPSA) is 66.8 Å². The van der Waals surface area contributed by atoms with Gasteiger partial charge in [-0.2, -0.15) is 4.31 Å². The fraction of sp³-hybridized carbons (Fsp3) is 0.474. The Morgan fingerprint density at radius 3 is 2.38 bits per heavy atom. The van der Waals surface area contributed by atoms with Crippen molar-refractivity contribution in [3.63, 3.8) is 0 Å². The van der Waals surface area contributed by atoms with E-state index < -0.39 is 10.0 Å². The third kappa shape index (κ3) is 3.96. The Bertz CT molecular complexity index is 835. The minimum atomic E-state index is -3.43. The molecule has 0 unspecified atom stereocenters. The molecule has 0 atom stereocenters. The van der Waals surface area contributed by atoms with Crippen molar-refractivity contribution in [1.82, 2.24) is 4.31 Å². The minimum Gasteiger partial charge on any atom is -0.497 e. The van der Waals surface area contributed by atoms with E-state index in [0.29, 0.717) is 30.1 Å². The van der Waals surface area contributed by atoms with Crippen LogP contribution in [0, 0.1) is 12.3 Å². The van der Waals surface area contributed by atoms with Crippen molar-refractivity contribution in [3.05, 3.63) is 46.8 Å². The normalized spacial score (nSPS) is 18.0. The lowest BCUT2D eigenvalue weighted by molar-refractivity contribution is 0.0685. The number of sulfonamides is 1. The van der Waals surface area contributed by atoms with E-state index in [0.717, 1.165) is 23.3 Å². The maximum absolute atomic E-state index is 12.8. The Balaban J connectivity index is 1.70. The molecule has 2 aromatic rings. The zero-order valence-electron chi connectivity index (χ0n) is 15.1. The van der Waals surface area contributed by atoms with E-state index in [-0.39, 0.29) is 12.0 Å². The number of methoxy groups -OCH3 is 1. The first-order valence-electron chi connectivity index (χ1n) is 8.68. The van der Waals surface area contributed by atoms with Crippen LogP contribution < -0.4 is 4.74 Å². The van der Waals surface area contributed by atoms with Crippen molar-refractivity contribution in [2.45, 2.75) is 30.4 Å². The van der Waals surface area contributed by atoms with Crippen LogP contribution in [-0.4, -0.2) is 44.6 Å². The highest BCUT2D eigenvalue weighted by molar-refractivity contribution is 7.91. The van der Waals surface area contributed by atoms with E-state index in [1.165, 1.54) is 11.3 Å². The summed E-state index contributed by atoms with van der Waals surface area (Å²) in [5, 5.41) is 11.9. The summed E-state index contributed by atoms with van der Waals surface area (Å²) < 4.78 is 32.7. The Kier molecular flexibility index (Phi) is 5.72. The lowest BCUT2D eigenvalue weighted by Crippen LogP contribution is -2.45. The molecule has 1 N–H and O–H groups in total. The van der Waals surface area contributed by atoms with E-state index in [9.17, 15) is 13.5 Å². The molecule has 1 aliphatic rings. The monoisotopic (exact) mass is 395 g/mol. The molecule has 0 aliphatic carbocycles. The molecule has 1 fully saturated rings. The van der Waals surface area contributed by atoms with E-state index in [4.69, 9.17) is 4.74 Å². The Hall–Kier alpha value is -1.41. The number of nitrogens with zero attached hydrogens (tertiary/aromatic N) is 1. The maximum atomic E-state index is 12.8. The van der Waals surface area contributed by atoms with Crippen molar-refractivity contribution in [3.8, 4) is 5.75 Å². The SMILES string of the molecule is COc1ccc(CC2(CO)CCN(S(=O)(=O)c3cc(C)cs3)CC2)cc1. The minimum absolute atomic E-state index is 0.0605. The number of hydrogen-bond acceptors (Lipinski definition) is 5. The highest BCUT2D eigenvalue weighted by atomic mass is 32.2. The summed E-state index contributed by atoms with van der Waals surface area (Å²) in [6.07, 6.45) is 2.04. The first kappa shape index (κ1) is 19.4. The summed E-state index contributed by atoms with van der Waals surface area (Å²) in [5.74, 6) is 0.805. The van der Waals surface area contributed by atoms with Crippen LogP contribution >= 0.6 is 11.3 Å². The molecule has 7 heteroatoms. The molecule has 0 radical (unpaired) electrons. The predicted octanol–water partition coefficient (Wildman–Crippen LogP) is 3.07. The van der Waals surface area contributed by atoms with Crippen molar-refractivity contribution in [1.29, 1.82) is 0 Å². The van der Waals surface area contributed by atoms with Gasteiger partial charge >= 0.3 is 0 Å². The third-order valence-corrected chi connectivity index (χ3v) is 8.59. The fourth-order valence-electron chi connectivity index (χ4n) is 3.44. The molecule has 1 aromatic carbocycles. The zero-order chi connectivity index (χ0) is 18.8. The van der Waals surface area contributed by atoms with E-state index in [1.807, 2.05) is 36.6 Å². The molecule has 1 aromatic heterocycles. The van der Waals surface area contributed by atoms with Crippen molar-refractivity contribution in [2.75, 3.05) is 26.8 Å². The molecule has 2 heterocycles. The second kappa shape index (κ2) is 7.68. The number of thiophene rings is 1. The fourth-order valence-corrected chi connectivity index (χ4v) is 6.26. The molecule has 1 aliphatic heterocycles. The highest BCUT2D eigenvalue weighted by Gasteiger charge is 2.38. The number of aliphatic hydroxyl groups excluding tert-OH is 1. The van der Waals surface area contributed by atoms with Gasteiger partial charge in [0.05, 0.1) is 7.11 Å². The van der Waals surface area contributed by atoms with Gasteiger partial charge in [-0.25, -0.2) is 8.42 Å². The van der Waals surface area contributed by atoms with E-state index in [2.05, 4.69) is 0 Å². The summed E-state index contributed by atoms with van der Waals surface area (Å²) in [5.41, 5.74) is 1.83. The predicted molar refractivity (Wildman–Crippen MR) is 103 cm³/mol. The molecule has 0 bridgehead atoms. The van der Waals surface area contributed by atoms with Gasteiger partial charge in [0.2, 0.25) is 0 Å². The molecular weight excluding hydrogens is 370 g/mol. The maximum Gasteiger partial charge on any atom is 0.252 e. The van der Waals surface area contributed by atoms with Crippen LogP contribution in [0.5, 0.6) is 5.75 Å². The van der Waals surface area contributed by atoms with Crippen molar-refractivity contribution >= 4 is 21.4 Å². The highest BCUT2D eigenvalue weighted by Crippen LogP contribution is 2.37. The second-order valence-corrected chi connectivity index (χ2v) is 10.1. The Morgan fingerprint density at radius 1 is 1.23 bits per heavy atom. The van der Waals surface area contributed by atoms with Gasteiger partial charge in [0, 0.05) is 19.7 Å². The standard InChI is InChI=1S/C19H25NO4S2/c1-15-11-18(25-13-15)26(22,23)20-9-7-19(14-21,8-10-20)12-16-3-5-17(24-2)6-4-16/h3-6,11,13,21H,7-10,12,14H2,1-2H3. The molecule has 0 spiro atoms. The van der Waals surface area contributed by atoms with Crippen LogP contribution in [0.2, 0.25) is 0 Å². The summed E-state index contributed by atoms with van der Waals surface area (Å²) >= 11 is 1.27. The van der Waals surface area contributed by atoms with Crippen LogP contribution in [0.25, 0.3) is 0 Å². The Labute approximate surface area is 159 Å².